The molecule has 0 saturated heterocycles. The van der Waals surface area contributed by atoms with Gasteiger partial charge in [-0.15, -0.1) is 11.3 Å². The third kappa shape index (κ3) is 4.64. The van der Waals surface area contributed by atoms with Crippen molar-refractivity contribution in [2.45, 2.75) is 24.2 Å². The first-order valence-electron chi connectivity index (χ1n) is 10.6. The Morgan fingerprint density at radius 2 is 1.74 bits per heavy atom. The van der Waals surface area contributed by atoms with E-state index in [0.717, 1.165) is 34.0 Å². The number of hydrogen-bond donors (Lipinski definition) is 1. The van der Waals surface area contributed by atoms with Crippen molar-refractivity contribution < 1.29 is 27.5 Å². The molecule has 0 aliphatic heterocycles. The van der Waals surface area contributed by atoms with Gasteiger partial charge in [0, 0.05) is 4.88 Å². The maximum atomic E-state index is 13.5. The largest absolute Gasteiger partial charge is 0.497 e. The zero-order valence-electron chi connectivity index (χ0n) is 18.7. The van der Waals surface area contributed by atoms with Crippen LogP contribution in [0.25, 0.3) is 0 Å². The van der Waals surface area contributed by atoms with Crippen molar-refractivity contribution in [2.24, 2.45) is 0 Å². The molecule has 1 aliphatic carbocycles. The predicted molar refractivity (Wildman–Crippen MR) is 130 cm³/mol. The van der Waals surface area contributed by atoms with Gasteiger partial charge in [0.05, 0.1) is 30.4 Å². The van der Waals surface area contributed by atoms with Gasteiger partial charge in [0.1, 0.15) is 17.3 Å². The minimum absolute atomic E-state index is 0.0234. The number of sulfonamides is 1. The van der Waals surface area contributed by atoms with E-state index in [1.807, 2.05) is 0 Å². The van der Waals surface area contributed by atoms with Gasteiger partial charge in [-0.3, -0.25) is 9.10 Å². The number of carbonyl (C=O) groups is 2. The average molecular weight is 501 g/mol. The van der Waals surface area contributed by atoms with Crippen molar-refractivity contribution in [2.75, 3.05) is 30.4 Å². The number of aryl methyl sites for hydroxylation is 1. The Labute approximate surface area is 202 Å². The highest BCUT2D eigenvalue weighted by Crippen LogP contribution is 2.39. The first-order chi connectivity index (χ1) is 16.3. The average Bonchev–Trinajstić information content (AvgIpc) is 3.43. The summed E-state index contributed by atoms with van der Waals surface area (Å²) in [6, 6.07) is 14.4. The smallest absolute Gasteiger partial charge is 0.341 e. The molecule has 4 rings (SSSR count). The summed E-state index contributed by atoms with van der Waals surface area (Å²) in [6.45, 7) is -0.471. The van der Waals surface area contributed by atoms with Crippen molar-refractivity contribution in [3.8, 4) is 5.75 Å². The summed E-state index contributed by atoms with van der Waals surface area (Å²) >= 11 is 1.34. The number of esters is 1. The Balaban J connectivity index is 1.64. The fourth-order valence-corrected chi connectivity index (χ4v) is 6.61. The number of thiophene rings is 1. The van der Waals surface area contributed by atoms with E-state index in [2.05, 4.69) is 5.32 Å². The SMILES string of the molecule is COC(=O)c1c(NC(=O)CN(c2ccccc2)S(=O)(=O)c2ccc(OC)cc2)sc2c1CCC2. The standard InChI is InChI=1S/C24H24N2O6S2/c1-31-17-11-13-18(14-12-17)34(29,30)26(16-7-4-3-5-8-16)15-21(27)25-23-22(24(28)32-2)19-9-6-10-20(19)33-23/h3-5,7-8,11-14H,6,9-10,15H2,1-2H3,(H,25,27). The summed E-state index contributed by atoms with van der Waals surface area (Å²) in [5.74, 6) is -0.560. The van der Waals surface area contributed by atoms with Crippen LogP contribution in [0.15, 0.2) is 59.5 Å². The number of rotatable bonds is 8. The fourth-order valence-electron chi connectivity index (χ4n) is 3.89. The summed E-state index contributed by atoms with van der Waals surface area (Å²) in [6.07, 6.45) is 2.53. The molecular weight excluding hydrogens is 476 g/mol. The second-order valence-corrected chi connectivity index (χ2v) is 10.6. The van der Waals surface area contributed by atoms with Crippen molar-refractivity contribution >= 4 is 43.9 Å². The number of nitrogens with zero attached hydrogens (tertiary/aromatic N) is 1. The van der Waals surface area contributed by atoms with Gasteiger partial charge in [-0.25, -0.2) is 13.2 Å². The van der Waals surface area contributed by atoms with E-state index >= 15 is 0 Å². The van der Waals surface area contributed by atoms with Crippen LogP contribution < -0.4 is 14.4 Å². The molecule has 178 valence electrons. The van der Waals surface area contributed by atoms with E-state index in [1.165, 1.54) is 37.7 Å². The number of fused-ring (bicyclic) bond motifs is 1. The highest BCUT2D eigenvalue weighted by atomic mass is 32.2. The number of carbonyl (C=O) groups excluding carboxylic acids is 2. The molecule has 0 radical (unpaired) electrons. The molecule has 1 aliphatic rings. The normalized spacial score (nSPS) is 12.6. The Hall–Kier alpha value is -3.37. The number of benzene rings is 2. The molecule has 1 heterocycles. The van der Waals surface area contributed by atoms with Crippen molar-refractivity contribution in [1.82, 2.24) is 0 Å². The van der Waals surface area contributed by atoms with Crippen LogP contribution in [0.1, 0.15) is 27.2 Å². The van der Waals surface area contributed by atoms with Crippen molar-refractivity contribution in [1.29, 1.82) is 0 Å². The van der Waals surface area contributed by atoms with Crippen LogP contribution >= 0.6 is 11.3 Å². The van der Waals surface area contributed by atoms with Crippen LogP contribution in [-0.2, 0) is 32.4 Å². The monoisotopic (exact) mass is 500 g/mol. The summed E-state index contributed by atoms with van der Waals surface area (Å²) in [4.78, 5) is 26.5. The first-order valence-corrected chi connectivity index (χ1v) is 12.9. The molecule has 0 spiro atoms. The second-order valence-electron chi connectivity index (χ2n) is 7.62. The molecule has 0 bridgehead atoms. The fraction of sp³-hybridized carbons (Fsp3) is 0.250. The molecule has 1 N–H and O–H groups in total. The van der Waals surface area contributed by atoms with Crippen molar-refractivity contribution in [3.63, 3.8) is 0 Å². The van der Waals surface area contributed by atoms with Crippen LogP contribution in [0.5, 0.6) is 5.75 Å². The van der Waals surface area contributed by atoms with E-state index in [9.17, 15) is 18.0 Å². The lowest BCUT2D eigenvalue weighted by Gasteiger charge is -2.24. The Morgan fingerprint density at radius 3 is 2.38 bits per heavy atom. The number of amides is 1. The number of anilines is 2. The number of ether oxygens (including phenoxy) is 2. The van der Waals surface area contributed by atoms with Gasteiger partial charge in [0.15, 0.2) is 0 Å². The maximum absolute atomic E-state index is 13.5. The quantitative estimate of drug-likeness (QED) is 0.471. The first kappa shape index (κ1) is 23.8. The van der Waals surface area contributed by atoms with Gasteiger partial charge >= 0.3 is 5.97 Å². The molecule has 8 nitrogen and oxygen atoms in total. The number of hydrogen-bond acceptors (Lipinski definition) is 7. The molecule has 0 atom stereocenters. The molecule has 34 heavy (non-hydrogen) atoms. The lowest BCUT2D eigenvalue weighted by Crippen LogP contribution is -2.38. The van der Waals surface area contributed by atoms with E-state index in [0.29, 0.717) is 22.0 Å². The number of nitrogens with one attached hydrogen (secondary N) is 1. The molecule has 3 aromatic rings. The zero-order chi connectivity index (χ0) is 24.3. The predicted octanol–water partition coefficient (Wildman–Crippen LogP) is 3.87. The summed E-state index contributed by atoms with van der Waals surface area (Å²) < 4.78 is 38.1. The van der Waals surface area contributed by atoms with E-state index < -0.39 is 28.4 Å². The van der Waals surface area contributed by atoms with Crippen LogP contribution in [-0.4, -0.2) is 41.1 Å². The van der Waals surface area contributed by atoms with E-state index in [-0.39, 0.29) is 4.90 Å². The van der Waals surface area contributed by atoms with E-state index in [1.54, 1.807) is 42.5 Å². The van der Waals surface area contributed by atoms with Gasteiger partial charge < -0.3 is 14.8 Å². The van der Waals surface area contributed by atoms with Gasteiger partial charge in [-0.2, -0.15) is 0 Å². The molecule has 0 fully saturated rings. The molecule has 0 saturated carbocycles. The second kappa shape index (κ2) is 9.86. The van der Waals surface area contributed by atoms with Gasteiger partial charge in [-0.1, -0.05) is 18.2 Å². The zero-order valence-corrected chi connectivity index (χ0v) is 20.4. The highest BCUT2D eigenvalue weighted by molar-refractivity contribution is 7.92. The van der Waals surface area contributed by atoms with Gasteiger partial charge in [0.25, 0.3) is 10.0 Å². The van der Waals surface area contributed by atoms with Crippen LogP contribution in [0.3, 0.4) is 0 Å². The summed E-state index contributed by atoms with van der Waals surface area (Å²) in [5, 5.41) is 3.14. The highest BCUT2D eigenvalue weighted by Gasteiger charge is 2.30. The Bertz CT molecular complexity index is 1300. The van der Waals surface area contributed by atoms with Crippen LogP contribution in [0, 0.1) is 0 Å². The third-order valence-electron chi connectivity index (χ3n) is 5.54. The summed E-state index contributed by atoms with van der Waals surface area (Å²) in [5.41, 5.74) is 1.60. The number of para-hydroxylation sites is 1. The van der Waals surface area contributed by atoms with E-state index in [4.69, 9.17) is 9.47 Å². The maximum Gasteiger partial charge on any atom is 0.341 e. The number of methoxy groups -OCH3 is 2. The molecular formula is C24H24N2O6S2. The topological polar surface area (TPSA) is 102 Å². The van der Waals surface area contributed by atoms with Crippen molar-refractivity contribution in [3.05, 3.63) is 70.6 Å². The molecule has 0 unspecified atom stereocenters. The Morgan fingerprint density at radius 1 is 1.03 bits per heavy atom. The minimum atomic E-state index is -4.07. The summed E-state index contributed by atoms with van der Waals surface area (Å²) in [7, 11) is -1.27. The van der Waals surface area contributed by atoms with Crippen LogP contribution in [0.4, 0.5) is 10.7 Å². The lowest BCUT2D eigenvalue weighted by molar-refractivity contribution is -0.114. The molecule has 2 aromatic carbocycles. The van der Waals surface area contributed by atoms with Crippen LogP contribution in [0.2, 0.25) is 0 Å². The minimum Gasteiger partial charge on any atom is -0.497 e. The van der Waals surface area contributed by atoms with Gasteiger partial charge in [-0.05, 0) is 61.2 Å². The molecule has 10 heteroatoms. The van der Waals surface area contributed by atoms with Gasteiger partial charge in [0.2, 0.25) is 5.91 Å². The molecule has 1 amide bonds. The Kier molecular flexibility index (Phi) is 6.90. The third-order valence-corrected chi connectivity index (χ3v) is 8.54. The lowest BCUT2D eigenvalue weighted by atomic mass is 10.1. The molecule has 1 aromatic heterocycles.